The number of benzene rings is 2. The number of anilines is 1. The molecule has 0 unspecified atom stereocenters. The summed E-state index contributed by atoms with van der Waals surface area (Å²) in [6.07, 6.45) is 0. The Kier molecular flexibility index (Phi) is 11.1. The highest BCUT2D eigenvalue weighted by Crippen LogP contribution is 2.15. The highest BCUT2D eigenvalue weighted by atomic mass is 127. The molecule has 6 nitrogen and oxygen atoms in total. The van der Waals surface area contributed by atoms with Crippen molar-refractivity contribution in [3.63, 3.8) is 0 Å². The number of hydrogen-bond acceptors (Lipinski definition) is 4. The Morgan fingerprint density at radius 3 is 2.48 bits per heavy atom. The molecule has 7 heteroatoms. The number of ether oxygens (including phenoxy) is 1. The standard InChI is InChI=1S/C24H35N5O.HI/c1-4-25-24(26-17-20-8-7-11-23(16-20)28(2)3)27-18-21-9-5-6-10-22(21)19-29-12-14-30-15-13-29;/h5-11,16H,4,12-15,17-19H2,1-3H3,(H2,25,26,27);1H. The summed E-state index contributed by atoms with van der Waals surface area (Å²) in [7, 11) is 4.12. The number of halogens is 1. The van der Waals surface area contributed by atoms with Crippen LogP contribution in [0.5, 0.6) is 0 Å². The van der Waals surface area contributed by atoms with Gasteiger partial charge >= 0.3 is 0 Å². The second-order valence-corrected chi connectivity index (χ2v) is 7.77. The van der Waals surface area contributed by atoms with Crippen molar-refractivity contribution >= 4 is 35.6 Å². The minimum Gasteiger partial charge on any atom is -0.379 e. The summed E-state index contributed by atoms with van der Waals surface area (Å²) in [4.78, 5) is 9.36. The van der Waals surface area contributed by atoms with Crippen molar-refractivity contribution in [2.75, 3.05) is 51.8 Å². The van der Waals surface area contributed by atoms with Gasteiger partial charge in [-0.1, -0.05) is 36.4 Å². The molecule has 0 amide bonds. The third kappa shape index (κ3) is 8.31. The quantitative estimate of drug-likeness (QED) is 0.307. The molecule has 0 saturated carbocycles. The van der Waals surface area contributed by atoms with Crippen LogP contribution < -0.4 is 15.5 Å². The van der Waals surface area contributed by atoms with Crippen molar-refractivity contribution in [3.05, 3.63) is 65.2 Å². The second kappa shape index (κ2) is 13.5. The Bertz CT molecular complexity index is 821. The van der Waals surface area contributed by atoms with Crippen LogP contribution in [0.15, 0.2) is 53.5 Å². The first kappa shape index (κ1) is 25.4. The first-order valence-corrected chi connectivity index (χ1v) is 10.8. The maximum Gasteiger partial charge on any atom is 0.191 e. The van der Waals surface area contributed by atoms with E-state index >= 15 is 0 Å². The number of aliphatic imine (C=N–C) groups is 1. The molecular formula is C24H36IN5O. The first-order valence-electron chi connectivity index (χ1n) is 10.8. The molecule has 0 radical (unpaired) electrons. The van der Waals surface area contributed by atoms with Crippen LogP contribution in [0.2, 0.25) is 0 Å². The summed E-state index contributed by atoms with van der Waals surface area (Å²) < 4.78 is 5.48. The minimum atomic E-state index is 0. The maximum atomic E-state index is 5.48. The van der Waals surface area contributed by atoms with E-state index in [1.54, 1.807) is 0 Å². The van der Waals surface area contributed by atoms with Crippen LogP contribution in [-0.4, -0.2) is 57.8 Å². The Labute approximate surface area is 204 Å². The second-order valence-electron chi connectivity index (χ2n) is 7.77. The molecule has 1 saturated heterocycles. The van der Waals surface area contributed by atoms with Gasteiger partial charge in [0, 0.05) is 52.5 Å². The molecule has 0 spiro atoms. The zero-order valence-electron chi connectivity index (χ0n) is 18.9. The Balaban J connectivity index is 0.00000341. The van der Waals surface area contributed by atoms with Crippen molar-refractivity contribution < 1.29 is 4.74 Å². The molecule has 1 heterocycles. The molecule has 170 valence electrons. The van der Waals surface area contributed by atoms with Crippen molar-refractivity contribution in [1.82, 2.24) is 15.5 Å². The molecule has 0 aliphatic carbocycles. The van der Waals surface area contributed by atoms with Crippen LogP contribution in [0.1, 0.15) is 23.6 Å². The molecule has 3 rings (SSSR count). The fourth-order valence-corrected chi connectivity index (χ4v) is 3.51. The summed E-state index contributed by atoms with van der Waals surface area (Å²) in [6.45, 7) is 8.94. The maximum absolute atomic E-state index is 5.48. The monoisotopic (exact) mass is 537 g/mol. The lowest BCUT2D eigenvalue weighted by molar-refractivity contribution is 0.0341. The average molecular weight is 537 g/mol. The lowest BCUT2D eigenvalue weighted by Gasteiger charge is -2.27. The number of guanidine groups is 1. The summed E-state index contributed by atoms with van der Waals surface area (Å²) in [5.41, 5.74) is 5.06. The van der Waals surface area contributed by atoms with Crippen LogP contribution in [0.25, 0.3) is 0 Å². The molecule has 0 aromatic heterocycles. The number of nitrogens with zero attached hydrogens (tertiary/aromatic N) is 3. The van der Waals surface area contributed by atoms with Gasteiger partial charge in [0.25, 0.3) is 0 Å². The summed E-state index contributed by atoms with van der Waals surface area (Å²) in [5, 5.41) is 6.87. The van der Waals surface area contributed by atoms with Gasteiger partial charge in [-0.15, -0.1) is 24.0 Å². The number of rotatable bonds is 8. The molecule has 2 aromatic carbocycles. The third-order valence-electron chi connectivity index (χ3n) is 5.25. The fraction of sp³-hybridized carbons (Fsp3) is 0.458. The van der Waals surface area contributed by atoms with E-state index < -0.39 is 0 Å². The lowest BCUT2D eigenvalue weighted by atomic mass is 10.1. The van der Waals surface area contributed by atoms with Gasteiger partial charge in [0.15, 0.2) is 5.96 Å². The zero-order valence-corrected chi connectivity index (χ0v) is 21.3. The van der Waals surface area contributed by atoms with E-state index in [9.17, 15) is 0 Å². The average Bonchev–Trinajstić information content (AvgIpc) is 2.77. The van der Waals surface area contributed by atoms with E-state index in [1.165, 1.54) is 22.4 Å². The van der Waals surface area contributed by atoms with Gasteiger partial charge in [-0.3, -0.25) is 4.90 Å². The minimum absolute atomic E-state index is 0. The Hall–Kier alpha value is -1.84. The summed E-state index contributed by atoms with van der Waals surface area (Å²) in [5.74, 6) is 0.842. The molecule has 31 heavy (non-hydrogen) atoms. The molecule has 2 N–H and O–H groups in total. The SMILES string of the molecule is CCNC(=NCc1cccc(N(C)C)c1)NCc1ccccc1CN1CCOCC1.I. The van der Waals surface area contributed by atoms with E-state index in [2.05, 4.69) is 90.0 Å². The van der Waals surface area contributed by atoms with E-state index in [0.717, 1.165) is 51.9 Å². The first-order chi connectivity index (χ1) is 14.7. The molecule has 2 aromatic rings. The number of nitrogens with one attached hydrogen (secondary N) is 2. The number of hydrogen-bond donors (Lipinski definition) is 2. The van der Waals surface area contributed by atoms with Crippen LogP contribution in [0.4, 0.5) is 5.69 Å². The number of morpholine rings is 1. The van der Waals surface area contributed by atoms with Crippen LogP contribution in [0.3, 0.4) is 0 Å². The normalized spacial score (nSPS) is 14.6. The van der Waals surface area contributed by atoms with Crippen molar-refractivity contribution in [2.24, 2.45) is 4.99 Å². The largest absolute Gasteiger partial charge is 0.379 e. The Morgan fingerprint density at radius 2 is 1.77 bits per heavy atom. The van der Waals surface area contributed by atoms with E-state index in [0.29, 0.717) is 6.54 Å². The van der Waals surface area contributed by atoms with Gasteiger partial charge in [0.05, 0.1) is 19.8 Å². The van der Waals surface area contributed by atoms with Gasteiger partial charge in [0.2, 0.25) is 0 Å². The predicted molar refractivity (Wildman–Crippen MR) is 140 cm³/mol. The summed E-state index contributed by atoms with van der Waals surface area (Å²) >= 11 is 0. The van der Waals surface area contributed by atoms with Crippen LogP contribution in [0, 0.1) is 0 Å². The molecule has 1 fully saturated rings. The highest BCUT2D eigenvalue weighted by Gasteiger charge is 2.12. The lowest BCUT2D eigenvalue weighted by Crippen LogP contribution is -2.38. The Morgan fingerprint density at radius 1 is 1.03 bits per heavy atom. The molecule has 1 aliphatic heterocycles. The van der Waals surface area contributed by atoms with Gasteiger partial charge in [-0.25, -0.2) is 4.99 Å². The smallest absolute Gasteiger partial charge is 0.191 e. The third-order valence-corrected chi connectivity index (χ3v) is 5.25. The van der Waals surface area contributed by atoms with E-state index in [1.807, 2.05) is 0 Å². The molecule has 1 aliphatic rings. The van der Waals surface area contributed by atoms with Gasteiger partial charge < -0.3 is 20.3 Å². The van der Waals surface area contributed by atoms with Crippen molar-refractivity contribution in [1.29, 1.82) is 0 Å². The van der Waals surface area contributed by atoms with Crippen LogP contribution >= 0.6 is 24.0 Å². The molecule has 0 atom stereocenters. The van der Waals surface area contributed by atoms with Gasteiger partial charge in [-0.05, 0) is 35.7 Å². The van der Waals surface area contributed by atoms with Crippen LogP contribution in [-0.2, 0) is 24.4 Å². The predicted octanol–water partition coefficient (Wildman–Crippen LogP) is 3.46. The fourth-order valence-electron chi connectivity index (χ4n) is 3.51. The molecule has 0 bridgehead atoms. The van der Waals surface area contributed by atoms with Gasteiger partial charge in [0.1, 0.15) is 0 Å². The van der Waals surface area contributed by atoms with E-state index in [4.69, 9.17) is 9.73 Å². The highest BCUT2D eigenvalue weighted by molar-refractivity contribution is 14.0. The van der Waals surface area contributed by atoms with Gasteiger partial charge in [-0.2, -0.15) is 0 Å². The molecular weight excluding hydrogens is 501 g/mol. The van der Waals surface area contributed by atoms with Crippen molar-refractivity contribution in [2.45, 2.75) is 26.6 Å². The van der Waals surface area contributed by atoms with E-state index in [-0.39, 0.29) is 24.0 Å². The van der Waals surface area contributed by atoms with Crippen molar-refractivity contribution in [3.8, 4) is 0 Å². The topological polar surface area (TPSA) is 52.1 Å². The summed E-state index contributed by atoms with van der Waals surface area (Å²) in [6, 6.07) is 17.2. The zero-order chi connectivity index (χ0) is 21.2.